The van der Waals surface area contributed by atoms with Crippen LogP contribution < -0.4 is 16.4 Å². The van der Waals surface area contributed by atoms with E-state index in [2.05, 4.69) is 20.9 Å². The van der Waals surface area contributed by atoms with Gasteiger partial charge in [0.05, 0.1) is 5.52 Å². The lowest BCUT2D eigenvalue weighted by molar-refractivity contribution is 0.0840. The number of hydrogen-bond donors (Lipinski definition) is 2. The Bertz CT molecular complexity index is 996. The molecule has 3 rings (SSSR count). The molecule has 0 saturated carbocycles. The predicted molar refractivity (Wildman–Crippen MR) is 86.2 cm³/mol. The molecule has 0 aliphatic rings. The van der Waals surface area contributed by atoms with Gasteiger partial charge in [0.1, 0.15) is 5.69 Å². The number of pyridine rings is 1. The molecule has 0 aliphatic heterocycles. The van der Waals surface area contributed by atoms with E-state index < -0.39 is 11.8 Å². The SMILES string of the molecule is Cn1nc(C(=O)NNC(=O)c2ccc3ccccc3n2)ccc1=O. The van der Waals surface area contributed by atoms with E-state index in [-0.39, 0.29) is 16.9 Å². The van der Waals surface area contributed by atoms with Gasteiger partial charge >= 0.3 is 0 Å². The van der Waals surface area contributed by atoms with Crippen LogP contribution in [0.25, 0.3) is 10.9 Å². The van der Waals surface area contributed by atoms with Gasteiger partial charge in [0.25, 0.3) is 17.4 Å². The zero-order valence-corrected chi connectivity index (χ0v) is 12.7. The van der Waals surface area contributed by atoms with Crippen molar-refractivity contribution in [3.05, 3.63) is 70.3 Å². The summed E-state index contributed by atoms with van der Waals surface area (Å²) >= 11 is 0. The average molecular weight is 323 g/mol. The lowest BCUT2D eigenvalue weighted by Gasteiger charge is -2.07. The van der Waals surface area contributed by atoms with Crippen LogP contribution in [-0.4, -0.2) is 26.6 Å². The Morgan fingerprint density at radius 3 is 2.33 bits per heavy atom. The maximum atomic E-state index is 12.1. The van der Waals surface area contributed by atoms with Crippen LogP contribution in [0.1, 0.15) is 21.0 Å². The summed E-state index contributed by atoms with van der Waals surface area (Å²) in [6.45, 7) is 0. The van der Waals surface area contributed by atoms with E-state index in [0.29, 0.717) is 5.52 Å². The number of fused-ring (bicyclic) bond motifs is 1. The molecule has 120 valence electrons. The van der Waals surface area contributed by atoms with Gasteiger partial charge in [-0.05, 0) is 18.2 Å². The summed E-state index contributed by atoms with van der Waals surface area (Å²) < 4.78 is 1.03. The molecular formula is C16H13N5O3. The minimum Gasteiger partial charge on any atom is -0.268 e. The van der Waals surface area contributed by atoms with E-state index in [4.69, 9.17) is 0 Å². The van der Waals surface area contributed by atoms with Crippen LogP contribution in [0.2, 0.25) is 0 Å². The van der Waals surface area contributed by atoms with Gasteiger partial charge in [0, 0.05) is 18.5 Å². The molecule has 8 nitrogen and oxygen atoms in total. The molecule has 0 radical (unpaired) electrons. The zero-order valence-electron chi connectivity index (χ0n) is 12.7. The number of amides is 2. The van der Waals surface area contributed by atoms with Gasteiger partial charge in [-0.2, -0.15) is 5.10 Å². The van der Waals surface area contributed by atoms with Crippen LogP contribution in [-0.2, 0) is 7.05 Å². The maximum Gasteiger partial charge on any atom is 0.290 e. The number of aryl methyl sites for hydroxylation is 1. The van der Waals surface area contributed by atoms with Gasteiger partial charge in [0.15, 0.2) is 5.69 Å². The smallest absolute Gasteiger partial charge is 0.268 e. The van der Waals surface area contributed by atoms with E-state index in [9.17, 15) is 14.4 Å². The monoisotopic (exact) mass is 323 g/mol. The second-order valence-electron chi connectivity index (χ2n) is 4.98. The minimum absolute atomic E-state index is 0.00358. The summed E-state index contributed by atoms with van der Waals surface area (Å²) in [6, 6.07) is 13.2. The van der Waals surface area contributed by atoms with Gasteiger partial charge in [-0.15, -0.1) is 0 Å². The summed E-state index contributed by atoms with van der Waals surface area (Å²) in [5.41, 5.74) is 5.02. The number of hydrazine groups is 1. The van der Waals surface area contributed by atoms with Gasteiger partial charge in [-0.3, -0.25) is 25.2 Å². The lowest BCUT2D eigenvalue weighted by atomic mass is 10.2. The normalized spacial score (nSPS) is 10.4. The topological polar surface area (TPSA) is 106 Å². The molecule has 0 aliphatic carbocycles. The quantitative estimate of drug-likeness (QED) is 0.664. The van der Waals surface area contributed by atoms with Crippen molar-refractivity contribution in [2.45, 2.75) is 0 Å². The number of benzene rings is 1. The van der Waals surface area contributed by atoms with Gasteiger partial charge < -0.3 is 0 Å². The summed E-state index contributed by atoms with van der Waals surface area (Å²) in [5, 5.41) is 4.70. The van der Waals surface area contributed by atoms with Crippen LogP contribution >= 0.6 is 0 Å². The lowest BCUT2D eigenvalue weighted by Crippen LogP contribution is -2.42. The average Bonchev–Trinajstić information content (AvgIpc) is 2.61. The molecule has 0 spiro atoms. The molecule has 0 saturated heterocycles. The highest BCUT2D eigenvalue weighted by molar-refractivity contribution is 5.98. The largest absolute Gasteiger partial charge is 0.290 e. The first kappa shape index (κ1) is 15.3. The number of aromatic nitrogens is 3. The van der Waals surface area contributed by atoms with Crippen molar-refractivity contribution in [3.63, 3.8) is 0 Å². The van der Waals surface area contributed by atoms with Crippen LogP contribution in [0.15, 0.2) is 53.3 Å². The summed E-state index contributed by atoms with van der Waals surface area (Å²) in [6.07, 6.45) is 0. The molecule has 24 heavy (non-hydrogen) atoms. The number of para-hydroxylation sites is 1. The molecule has 0 bridgehead atoms. The molecule has 2 heterocycles. The van der Waals surface area contributed by atoms with Crippen molar-refractivity contribution < 1.29 is 9.59 Å². The maximum absolute atomic E-state index is 12.1. The van der Waals surface area contributed by atoms with E-state index in [1.165, 1.54) is 19.2 Å². The first-order chi connectivity index (χ1) is 11.5. The fraction of sp³-hybridized carbons (Fsp3) is 0.0625. The number of nitrogens with one attached hydrogen (secondary N) is 2. The Morgan fingerprint density at radius 1 is 0.917 bits per heavy atom. The van der Waals surface area contributed by atoms with Crippen LogP contribution in [0.5, 0.6) is 0 Å². The van der Waals surface area contributed by atoms with E-state index in [0.717, 1.165) is 10.1 Å². The summed E-state index contributed by atoms with van der Waals surface area (Å²) in [7, 11) is 1.43. The van der Waals surface area contributed by atoms with E-state index in [1.807, 2.05) is 18.2 Å². The molecule has 1 aromatic carbocycles. The Hall–Kier alpha value is -3.55. The van der Waals surface area contributed by atoms with E-state index in [1.54, 1.807) is 18.2 Å². The Morgan fingerprint density at radius 2 is 1.58 bits per heavy atom. The fourth-order valence-electron chi connectivity index (χ4n) is 2.06. The molecule has 2 amide bonds. The van der Waals surface area contributed by atoms with Crippen molar-refractivity contribution in [2.75, 3.05) is 0 Å². The predicted octanol–water partition coefficient (Wildman–Crippen LogP) is 0.403. The number of rotatable bonds is 2. The summed E-state index contributed by atoms with van der Waals surface area (Å²) in [5.74, 6) is -1.20. The number of nitrogens with zero attached hydrogens (tertiary/aromatic N) is 3. The number of hydrogen-bond acceptors (Lipinski definition) is 5. The molecule has 0 atom stereocenters. The van der Waals surface area contributed by atoms with Crippen molar-refractivity contribution in [2.24, 2.45) is 7.05 Å². The molecular weight excluding hydrogens is 310 g/mol. The van der Waals surface area contributed by atoms with Gasteiger partial charge in [-0.25, -0.2) is 9.67 Å². The second-order valence-corrected chi connectivity index (χ2v) is 4.98. The molecule has 0 fully saturated rings. The van der Waals surface area contributed by atoms with Crippen LogP contribution in [0, 0.1) is 0 Å². The molecule has 0 unspecified atom stereocenters. The highest BCUT2D eigenvalue weighted by Crippen LogP contribution is 2.11. The van der Waals surface area contributed by atoms with Crippen molar-refractivity contribution in [1.82, 2.24) is 25.6 Å². The zero-order chi connectivity index (χ0) is 17.1. The van der Waals surface area contributed by atoms with Crippen LogP contribution in [0.4, 0.5) is 0 Å². The molecule has 2 aromatic heterocycles. The Balaban J connectivity index is 1.70. The van der Waals surface area contributed by atoms with E-state index >= 15 is 0 Å². The third kappa shape index (κ3) is 3.12. The van der Waals surface area contributed by atoms with Crippen LogP contribution in [0.3, 0.4) is 0 Å². The molecule has 3 aromatic rings. The third-order valence-electron chi connectivity index (χ3n) is 3.31. The highest BCUT2D eigenvalue weighted by atomic mass is 16.2. The first-order valence-electron chi connectivity index (χ1n) is 7.05. The third-order valence-corrected chi connectivity index (χ3v) is 3.31. The minimum atomic E-state index is -0.639. The van der Waals surface area contributed by atoms with Gasteiger partial charge in [-0.1, -0.05) is 24.3 Å². The summed E-state index contributed by atoms with van der Waals surface area (Å²) in [4.78, 5) is 39.5. The van der Waals surface area contributed by atoms with Gasteiger partial charge in [0.2, 0.25) is 0 Å². The fourth-order valence-corrected chi connectivity index (χ4v) is 2.06. The number of carbonyl (C=O) groups excluding carboxylic acids is 2. The Kier molecular flexibility index (Phi) is 4.02. The van der Waals surface area contributed by atoms with Crippen molar-refractivity contribution in [3.8, 4) is 0 Å². The van der Waals surface area contributed by atoms with Crippen molar-refractivity contribution >= 4 is 22.7 Å². The Labute approximate surface area is 136 Å². The molecule has 2 N–H and O–H groups in total. The first-order valence-corrected chi connectivity index (χ1v) is 7.05. The highest BCUT2D eigenvalue weighted by Gasteiger charge is 2.12. The number of carbonyl (C=O) groups is 2. The van der Waals surface area contributed by atoms with Crippen molar-refractivity contribution in [1.29, 1.82) is 0 Å². The standard InChI is InChI=1S/C16H13N5O3/c1-21-14(22)9-8-13(20-21)16(24)19-18-15(23)12-7-6-10-4-2-3-5-11(10)17-12/h2-9H,1H3,(H,18,23)(H,19,24). The second kappa shape index (κ2) is 6.29. The molecule has 8 heteroatoms.